The van der Waals surface area contributed by atoms with Crippen LogP contribution in [-0.4, -0.2) is 18.9 Å². The molecule has 3 heteroatoms. The summed E-state index contributed by atoms with van der Waals surface area (Å²) in [4.78, 5) is 6.05. The second-order valence-electron chi connectivity index (χ2n) is 5.34. The van der Waals surface area contributed by atoms with Crippen molar-refractivity contribution in [3.05, 3.63) is 51.7 Å². The van der Waals surface area contributed by atoms with E-state index >= 15 is 0 Å². The van der Waals surface area contributed by atoms with Crippen LogP contribution < -0.4 is 4.74 Å². The van der Waals surface area contributed by atoms with Gasteiger partial charge in [0.15, 0.2) is 0 Å². The maximum absolute atomic E-state index is 5.77. The smallest absolute Gasteiger partial charge is 0.119 e. The fourth-order valence-electron chi connectivity index (χ4n) is 2.57. The fraction of sp³-hybridized carbons (Fsp3) is 0.389. The van der Waals surface area contributed by atoms with E-state index in [1.54, 1.807) is 11.3 Å². The average molecular weight is 299 g/mol. The third-order valence-corrected chi connectivity index (χ3v) is 4.72. The second-order valence-corrected chi connectivity index (χ2v) is 6.25. The van der Waals surface area contributed by atoms with Crippen molar-refractivity contribution in [3.63, 3.8) is 0 Å². The zero-order valence-electron chi connectivity index (χ0n) is 12.5. The van der Waals surface area contributed by atoms with Gasteiger partial charge in [-0.3, -0.25) is 4.99 Å². The van der Waals surface area contributed by atoms with Gasteiger partial charge in [-0.2, -0.15) is 0 Å². The molecule has 0 saturated carbocycles. The van der Waals surface area contributed by atoms with Crippen molar-refractivity contribution in [2.45, 2.75) is 32.6 Å². The van der Waals surface area contributed by atoms with Gasteiger partial charge >= 0.3 is 0 Å². The van der Waals surface area contributed by atoms with Gasteiger partial charge in [-0.1, -0.05) is 19.8 Å². The monoisotopic (exact) mass is 299 g/mol. The number of ether oxygens (including phenoxy) is 1. The van der Waals surface area contributed by atoms with Crippen molar-refractivity contribution in [2.24, 2.45) is 4.99 Å². The molecule has 2 nitrogen and oxygen atoms in total. The van der Waals surface area contributed by atoms with E-state index in [1.165, 1.54) is 28.8 Å². The van der Waals surface area contributed by atoms with Gasteiger partial charge in [-0.25, -0.2) is 0 Å². The molecular weight excluding hydrogens is 278 g/mol. The Labute approximate surface area is 130 Å². The van der Waals surface area contributed by atoms with Gasteiger partial charge in [-0.05, 0) is 54.1 Å². The highest BCUT2D eigenvalue weighted by Crippen LogP contribution is 2.26. The number of hydrogen-bond acceptors (Lipinski definition) is 3. The second kappa shape index (κ2) is 6.90. The molecule has 0 N–H and O–H groups in total. The Morgan fingerprint density at radius 3 is 2.81 bits per heavy atom. The first-order valence-corrected chi connectivity index (χ1v) is 8.61. The third kappa shape index (κ3) is 3.35. The predicted octanol–water partition coefficient (Wildman–Crippen LogP) is 4.71. The summed E-state index contributed by atoms with van der Waals surface area (Å²) in [5.74, 6) is 0.956. The van der Waals surface area contributed by atoms with Gasteiger partial charge in [0, 0.05) is 12.1 Å². The Morgan fingerprint density at radius 2 is 2.00 bits per heavy atom. The predicted molar refractivity (Wildman–Crippen MR) is 90.0 cm³/mol. The lowest BCUT2D eigenvalue weighted by molar-refractivity contribution is 0.306. The summed E-state index contributed by atoms with van der Waals surface area (Å²) in [5.41, 5.74) is 3.77. The molecule has 3 rings (SSSR count). The van der Waals surface area contributed by atoms with Gasteiger partial charge in [0.25, 0.3) is 0 Å². The average Bonchev–Trinajstić information content (AvgIpc) is 3.01. The third-order valence-electron chi connectivity index (χ3n) is 3.76. The molecule has 0 unspecified atom stereocenters. The Hall–Kier alpha value is -1.61. The molecule has 1 aromatic heterocycles. The molecule has 0 radical (unpaired) electrons. The number of fused-ring (bicyclic) bond motifs is 1. The molecule has 1 aromatic carbocycles. The highest BCUT2D eigenvalue weighted by atomic mass is 32.1. The molecular formula is C18H21NOS. The summed E-state index contributed by atoms with van der Waals surface area (Å²) in [5, 5.41) is 2.16. The van der Waals surface area contributed by atoms with E-state index in [0.29, 0.717) is 0 Å². The van der Waals surface area contributed by atoms with Gasteiger partial charge in [0.05, 0.1) is 17.2 Å². The lowest BCUT2D eigenvalue weighted by atomic mass is 10.0. The standard InChI is InChI=1S/C18H21NOS/c1-2-3-4-12-20-16-7-5-14(6-8-16)17-18-15(9-11-19-17)10-13-21-18/h5-8,10,13H,2-4,9,11-12H2,1H3. The van der Waals surface area contributed by atoms with E-state index in [4.69, 9.17) is 9.73 Å². The van der Waals surface area contributed by atoms with Crippen LogP contribution in [0, 0.1) is 0 Å². The summed E-state index contributed by atoms with van der Waals surface area (Å²) >= 11 is 1.79. The fourth-order valence-corrected chi connectivity index (χ4v) is 3.56. The lowest BCUT2D eigenvalue weighted by Gasteiger charge is -2.13. The molecule has 0 spiro atoms. The van der Waals surface area contributed by atoms with E-state index in [1.807, 2.05) is 0 Å². The van der Waals surface area contributed by atoms with Crippen LogP contribution >= 0.6 is 11.3 Å². The van der Waals surface area contributed by atoms with Gasteiger partial charge in [0.1, 0.15) is 5.75 Å². The maximum atomic E-state index is 5.77. The number of benzene rings is 1. The molecule has 110 valence electrons. The Kier molecular flexibility index (Phi) is 4.71. The molecule has 0 bridgehead atoms. The molecule has 2 heterocycles. The van der Waals surface area contributed by atoms with Crippen molar-refractivity contribution < 1.29 is 4.74 Å². The molecule has 1 aliphatic rings. The topological polar surface area (TPSA) is 21.6 Å². The van der Waals surface area contributed by atoms with E-state index in [2.05, 4.69) is 42.6 Å². The summed E-state index contributed by atoms with van der Waals surface area (Å²) in [6.07, 6.45) is 4.66. The van der Waals surface area contributed by atoms with Crippen molar-refractivity contribution in [3.8, 4) is 5.75 Å². The summed E-state index contributed by atoms with van der Waals surface area (Å²) in [6, 6.07) is 10.6. The Balaban J connectivity index is 1.69. The molecule has 0 atom stereocenters. The van der Waals surface area contributed by atoms with E-state index in [9.17, 15) is 0 Å². The summed E-state index contributed by atoms with van der Waals surface area (Å²) in [6.45, 7) is 3.91. The minimum atomic E-state index is 0.809. The highest BCUT2D eigenvalue weighted by Gasteiger charge is 2.16. The van der Waals surface area contributed by atoms with Gasteiger partial charge in [-0.15, -0.1) is 11.3 Å². The van der Waals surface area contributed by atoms with Crippen molar-refractivity contribution >= 4 is 17.0 Å². The van der Waals surface area contributed by atoms with Crippen LogP contribution in [0.15, 0.2) is 40.7 Å². The van der Waals surface area contributed by atoms with Crippen LogP contribution in [0.3, 0.4) is 0 Å². The molecule has 2 aromatic rings. The SMILES string of the molecule is CCCCCOc1ccc(C2=NCCc3ccsc32)cc1. The molecule has 0 amide bonds. The normalized spacial score (nSPS) is 13.7. The first-order chi connectivity index (χ1) is 10.4. The largest absolute Gasteiger partial charge is 0.494 e. The zero-order chi connectivity index (χ0) is 14.5. The van der Waals surface area contributed by atoms with Crippen LogP contribution in [0.25, 0.3) is 0 Å². The molecule has 0 aliphatic carbocycles. The number of thiophene rings is 1. The molecule has 21 heavy (non-hydrogen) atoms. The number of unbranched alkanes of at least 4 members (excludes halogenated alkanes) is 2. The zero-order valence-corrected chi connectivity index (χ0v) is 13.3. The summed E-state index contributed by atoms with van der Waals surface area (Å²) < 4.78 is 5.77. The van der Waals surface area contributed by atoms with Gasteiger partial charge < -0.3 is 4.74 Å². The number of aliphatic imine (C=N–C) groups is 1. The minimum absolute atomic E-state index is 0.809. The number of hydrogen-bond donors (Lipinski definition) is 0. The van der Waals surface area contributed by atoms with Crippen LogP contribution in [0.4, 0.5) is 0 Å². The maximum Gasteiger partial charge on any atom is 0.119 e. The van der Waals surface area contributed by atoms with Crippen molar-refractivity contribution in [2.75, 3.05) is 13.2 Å². The summed E-state index contributed by atoms with van der Waals surface area (Å²) in [7, 11) is 0. The van der Waals surface area contributed by atoms with Crippen LogP contribution in [0.5, 0.6) is 5.75 Å². The first kappa shape index (κ1) is 14.3. The quantitative estimate of drug-likeness (QED) is 0.708. The number of rotatable bonds is 6. The highest BCUT2D eigenvalue weighted by molar-refractivity contribution is 7.12. The van der Waals surface area contributed by atoms with Gasteiger partial charge in [0.2, 0.25) is 0 Å². The number of nitrogens with zero attached hydrogens (tertiary/aromatic N) is 1. The van der Waals surface area contributed by atoms with Crippen LogP contribution in [-0.2, 0) is 6.42 Å². The molecule has 0 fully saturated rings. The van der Waals surface area contributed by atoms with E-state index in [0.717, 1.165) is 37.5 Å². The van der Waals surface area contributed by atoms with Crippen LogP contribution in [0.2, 0.25) is 0 Å². The lowest BCUT2D eigenvalue weighted by Crippen LogP contribution is -2.11. The Bertz CT molecular complexity index is 612. The Morgan fingerprint density at radius 1 is 1.14 bits per heavy atom. The van der Waals surface area contributed by atoms with E-state index < -0.39 is 0 Å². The van der Waals surface area contributed by atoms with Crippen molar-refractivity contribution in [1.29, 1.82) is 0 Å². The first-order valence-electron chi connectivity index (χ1n) is 7.73. The molecule has 1 aliphatic heterocycles. The van der Waals surface area contributed by atoms with E-state index in [-0.39, 0.29) is 0 Å². The van der Waals surface area contributed by atoms with Crippen molar-refractivity contribution in [1.82, 2.24) is 0 Å². The minimum Gasteiger partial charge on any atom is -0.494 e. The molecule has 0 saturated heterocycles. The van der Waals surface area contributed by atoms with Crippen LogP contribution in [0.1, 0.15) is 42.2 Å².